The number of nitro groups is 1. The number of methoxy groups -OCH3 is 1. The Labute approximate surface area is 153 Å². The summed E-state index contributed by atoms with van der Waals surface area (Å²) in [6, 6.07) is 7.98. The molecule has 144 valence electrons. The third-order valence-corrected chi connectivity index (χ3v) is 3.55. The molecule has 0 aliphatic heterocycles. The quantitative estimate of drug-likeness (QED) is 0.583. The number of carbonyl (C=O) groups excluding carboxylic acids is 1. The van der Waals surface area contributed by atoms with Crippen LogP contribution in [0.4, 0.5) is 25.8 Å². The van der Waals surface area contributed by atoms with Crippen molar-refractivity contribution in [3.63, 3.8) is 0 Å². The summed E-state index contributed by atoms with van der Waals surface area (Å²) in [6.45, 7) is -3.06. The molecule has 0 radical (unpaired) electrons. The largest absolute Gasteiger partial charge is 0.493 e. The Kier molecular flexibility index (Phi) is 6.11. The van der Waals surface area contributed by atoms with Crippen molar-refractivity contribution in [1.29, 1.82) is 0 Å². The second-order valence-electron chi connectivity index (χ2n) is 5.55. The molecule has 0 saturated heterocycles. The highest BCUT2D eigenvalue weighted by Gasteiger charge is 2.19. The topological polar surface area (TPSA) is 93.9 Å². The molecule has 2 rings (SSSR count). The molecule has 0 bridgehead atoms. The summed E-state index contributed by atoms with van der Waals surface area (Å²) in [5.41, 5.74) is 0.313. The first-order valence-electron chi connectivity index (χ1n) is 7.63. The molecule has 0 spiro atoms. The van der Waals surface area contributed by atoms with Crippen LogP contribution in [0.15, 0.2) is 36.4 Å². The average molecular weight is 381 g/mol. The lowest BCUT2D eigenvalue weighted by atomic mass is 10.1. The molecule has 8 nitrogen and oxygen atoms in total. The first-order valence-corrected chi connectivity index (χ1v) is 7.63. The van der Waals surface area contributed by atoms with Gasteiger partial charge in [-0.3, -0.25) is 14.9 Å². The van der Waals surface area contributed by atoms with Crippen LogP contribution in [0.2, 0.25) is 0 Å². The smallest absolute Gasteiger partial charge is 0.387 e. The van der Waals surface area contributed by atoms with Crippen LogP contribution in [0, 0.1) is 10.1 Å². The van der Waals surface area contributed by atoms with Gasteiger partial charge in [-0.2, -0.15) is 8.78 Å². The van der Waals surface area contributed by atoms with E-state index in [-0.39, 0.29) is 28.4 Å². The van der Waals surface area contributed by atoms with Crippen LogP contribution in [0.3, 0.4) is 0 Å². The maximum absolute atomic E-state index is 12.5. The van der Waals surface area contributed by atoms with Crippen molar-refractivity contribution in [3.05, 3.63) is 52.1 Å². The van der Waals surface area contributed by atoms with E-state index in [1.165, 1.54) is 37.4 Å². The maximum Gasteiger partial charge on any atom is 0.387 e. The van der Waals surface area contributed by atoms with Crippen molar-refractivity contribution in [2.75, 3.05) is 31.4 Å². The number of nitrogens with zero attached hydrogens (tertiary/aromatic N) is 2. The van der Waals surface area contributed by atoms with Crippen LogP contribution in [-0.2, 0) is 0 Å². The van der Waals surface area contributed by atoms with Gasteiger partial charge in [-0.05, 0) is 24.3 Å². The number of hydrogen-bond acceptors (Lipinski definition) is 6. The standard InChI is InChI=1S/C17H17F2N3O5/c1-21(2)12-6-4-10(8-13(12)22(24)25)16(23)20-11-5-7-14(26-3)15(9-11)27-17(18)19/h4-9,17H,1-3H3,(H,20,23). The number of alkyl halides is 2. The van der Waals surface area contributed by atoms with Crippen LogP contribution in [0.25, 0.3) is 0 Å². The van der Waals surface area contributed by atoms with Crippen molar-refractivity contribution in [1.82, 2.24) is 0 Å². The van der Waals surface area contributed by atoms with Crippen molar-refractivity contribution < 1.29 is 28.0 Å². The second kappa shape index (κ2) is 8.30. The lowest BCUT2D eigenvalue weighted by Crippen LogP contribution is -2.15. The molecule has 2 aromatic carbocycles. The summed E-state index contributed by atoms with van der Waals surface area (Å²) in [5, 5.41) is 13.7. The van der Waals surface area contributed by atoms with E-state index in [1.807, 2.05) is 0 Å². The van der Waals surface area contributed by atoms with Gasteiger partial charge in [-0.1, -0.05) is 0 Å². The highest BCUT2D eigenvalue weighted by molar-refractivity contribution is 6.05. The third-order valence-electron chi connectivity index (χ3n) is 3.55. The van der Waals surface area contributed by atoms with Gasteiger partial charge < -0.3 is 19.7 Å². The first kappa shape index (κ1) is 19.9. The molecule has 0 heterocycles. The summed E-state index contributed by atoms with van der Waals surface area (Å²) in [5.74, 6) is -0.824. The van der Waals surface area contributed by atoms with Gasteiger partial charge in [0.2, 0.25) is 0 Å². The predicted octanol–water partition coefficient (Wildman–Crippen LogP) is 3.52. The van der Waals surface area contributed by atoms with Crippen LogP contribution >= 0.6 is 0 Å². The Bertz CT molecular complexity index is 858. The number of carbonyl (C=O) groups is 1. The number of halogens is 2. The number of hydrogen-bond donors (Lipinski definition) is 1. The molecule has 1 N–H and O–H groups in total. The predicted molar refractivity (Wildman–Crippen MR) is 95.0 cm³/mol. The Balaban J connectivity index is 2.29. The van der Waals surface area contributed by atoms with Crippen LogP contribution in [0.5, 0.6) is 11.5 Å². The molecule has 0 fully saturated rings. The van der Waals surface area contributed by atoms with E-state index in [2.05, 4.69) is 10.1 Å². The molecule has 1 amide bonds. The van der Waals surface area contributed by atoms with Crippen LogP contribution in [0.1, 0.15) is 10.4 Å². The SMILES string of the molecule is COc1ccc(NC(=O)c2ccc(N(C)C)c([N+](=O)[O-])c2)cc1OC(F)F. The Morgan fingerprint density at radius 2 is 1.89 bits per heavy atom. The number of rotatable bonds is 7. The molecule has 27 heavy (non-hydrogen) atoms. The summed E-state index contributed by atoms with van der Waals surface area (Å²) in [7, 11) is 4.57. The fourth-order valence-electron chi connectivity index (χ4n) is 2.33. The molecule has 0 aliphatic carbocycles. The molecule has 0 aromatic heterocycles. The molecule has 10 heteroatoms. The summed E-state index contributed by atoms with van der Waals surface area (Å²) in [6.07, 6.45) is 0. The Morgan fingerprint density at radius 1 is 1.19 bits per heavy atom. The maximum atomic E-state index is 12.5. The van der Waals surface area contributed by atoms with E-state index in [9.17, 15) is 23.7 Å². The van der Waals surface area contributed by atoms with E-state index in [1.54, 1.807) is 19.0 Å². The first-order chi connectivity index (χ1) is 12.7. The van der Waals surface area contributed by atoms with Crippen LogP contribution in [-0.4, -0.2) is 38.6 Å². The number of nitrogens with one attached hydrogen (secondary N) is 1. The minimum atomic E-state index is -3.06. The normalized spacial score (nSPS) is 10.4. The van der Waals surface area contributed by atoms with E-state index in [0.29, 0.717) is 5.69 Å². The van der Waals surface area contributed by atoms with E-state index in [0.717, 1.165) is 6.07 Å². The molecule has 0 saturated carbocycles. The lowest BCUT2D eigenvalue weighted by molar-refractivity contribution is -0.384. The van der Waals surface area contributed by atoms with Gasteiger partial charge in [0.15, 0.2) is 11.5 Å². The number of ether oxygens (including phenoxy) is 2. The van der Waals surface area contributed by atoms with Gasteiger partial charge in [-0.15, -0.1) is 0 Å². The molecule has 0 atom stereocenters. The Hall–Kier alpha value is -3.43. The van der Waals surface area contributed by atoms with Crippen LogP contribution < -0.4 is 19.7 Å². The molecule has 2 aromatic rings. The fourth-order valence-corrected chi connectivity index (χ4v) is 2.33. The zero-order valence-corrected chi connectivity index (χ0v) is 14.7. The molecule has 0 aliphatic rings. The molecular formula is C17H17F2N3O5. The van der Waals surface area contributed by atoms with Gasteiger partial charge >= 0.3 is 6.61 Å². The monoisotopic (exact) mass is 381 g/mol. The zero-order chi connectivity index (χ0) is 20.1. The number of benzene rings is 2. The fraction of sp³-hybridized carbons (Fsp3) is 0.235. The number of anilines is 2. The van der Waals surface area contributed by atoms with Gasteiger partial charge in [-0.25, -0.2) is 0 Å². The zero-order valence-electron chi connectivity index (χ0n) is 14.7. The highest BCUT2D eigenvalue weighted by atomic mass is 19.3. The van der Waals surface area contributed by atoms with Crippen molar-refractivity contribution in [2.24, 2.45) is 0 Å². The van der Waals surface area contributed by atoms with E-state index < -0.39 is 17.4 Å². The van der Waals surface area contributed by atoms with Gasteiger partial charge in [0, 0.05) is 37.5 Å². The Morgan fingerprint density at radius 3 is 2.44 bits per heavy atom. The number of nitro benzene ring substituents is 1. The van der Waals surface area contributed by atoms with Crippen molar-refractivity contribution in [2.45, 2.75) is 6.61 Å². The second-order valence-corrected chi connectivity index (χ2v) is 5.55. The minimum Gasteiger partial charge on any atom is -0.493 e. The van der Waals surface area contributed by atoms with E-state index >= 15 is 0 Å². The average Bonchev–Trinajstić information content (AvgIpc) is 2.60. The van der Waals surface area contributed by atoms with Gasteiger partial charge in [0.25, 0.3) is 11.6 Å². The van der Waals surface area contributed by atoms with E-state index in [4.69, 9.17) is 4.74 Å². The lowest BCUT2D eigenvalue weighted by Gasteiger charge is -2.14. The third kappa shape index (κ3) is 4.81. The number of amides is 1. The summed E-state index contributed by atoms with van der Waals surface area (Å²) < 4.78 is 34.2. The van der Waals surface area contributed by atoms with Gasteiger partial charge in [0.05, 0.1) is 12.0 Å². The molecular weight excluding hydrogens is 364 g/mol. The van der Waals surface area contributed by atoms with Crippen molar-refractivity contribution >= 4 is 23.0 Å². The van der Waals surface area contributed by atoms with Crippen molar-refractivity contribution in [3.8, 4) is 11.5 Å². The van der Waals surface area contributed by atoms with Gasteiger partial charge in [0.1, 0.15) is 5.69 Å². The molecule has 0 unspecified atom stereocenters. The summed E-state index contributed by atoms with van der Waals surface area (Å²) >= 11 is 0. The highest BCUT2D eigenvalue weighted by Crippen LogP contribution is 2.32. The summed E-state index contributed by atoms with van der Waals surface area (Å²) in [4.78, 5) is 24.6. The minimum absolute atomic E-state index is 0.0412.